The second-order valence-electron chi connectivity index (χ2n) is 5.22. The van der Waals surface area contributed by atoms with Crippen molar-refractivity contribution >= 4 is 23.0 Å². The first-order valence-corrected chi connectivity index (χ1v) is 7.56. The minimum Gasteiger partial charge on any atom is -0.494 e. The van der Waals surface area contributed by atoms with Crippen LogP contribution in [0.25, 0.3) is 5.57 Å². The fraction of sp³-hybridized carbons (Fsp3) is 0.158. The lowest BCUT2D eigenvalue weighted by Crippen LogP contribution is -2.23. The number of hydrogen-bond donors (Lipinski definition) is 1. The molecular formula is C19H17NO3. The van der Waals surface area contributed by atoms with Gasteiger partial charge in [0.1, 0.15) is 5.75 Å². The zero-order chi connectivity index (χ0) is 16.2. The van der Waals surface area contributed by atoms with Crippen molar-refractivity contribution in [2.75, 3.05) is 11.9 Å². The monoisotopic (exact) mass is 307 g/mol. The van der Waals surface area contributed by atoms with Crippen LogP contribution in [0.1, 0.15) is 18.1 Å². The molecule has 0 unspecified atom stereocenters. The lowest BCUT2D eigenvalue weighted by Gasteiger charge is -2.08. The van der Waals surface area contributed by atoms with Crippen LogP contribution in [0.2, 0.25) is 0 Å². The third-order valence-corrected chi connectivity index (χ3v) is 3.71. The Morgan fingerprint density at radius 1 is 1.09 bits per heavy atom. The summed E-state index contributed by atoms with van der Waals surface area (Å²) in [5.74, 6) is -0.412. The van der Waals surface area contributed by atoms with Gasteiger partial charge in [0.25, 0.3) is 11.7 Å². The predicted octanol–water partition coefficient (Wildman–Crippen LogP) is 3.23. The fourth-order valence-electron chi connectivity index (χ4n) is 2.61. The van der Waals surface area contributed by atoms with E-state index < -0.39 is 11.7 Å². The van der Waals surface area contributed by atoms with Gasteiger partial charge in [0, 0.05) is 11.3 Å². The van der Waals surface area contributed by atoms with Crippen LogP contribution in [0.15, 0.2) is 54.6 Å². The molecule has 3 rings (SSSR count). The number of ketones is 1. The molecule has 0 aliphatic heterocycles. The van der Waals surface area contributed by atoms with Crippen molar-refractivity contribution < 1.29 is 14.3 Å². The highest BCUT2D eigenvalue weighted by Gasteiger charge is 2.25. The van der Waals surface area contributed by atoms with E-state index in [4.69, 9.17) is 4.74 Å². The van der Waals surface area contributed by atoms with Crippen LogP contribution >= 0.6 is 0 Å². The summed E-state index contributed by atoms with van der Waals surface area (Å²) in [6, 6.07) is 14.6. The Kier molecular flexibility index (Phi) is 4.24. The average molecular weight is 307 g/mol. The van der Waals surface area contributed by atoms with Crippen molar-refractivity contribution in [3.05, 3.63) is 65.7 Å². The van der Waals surface area contributed by atoms with Crippen LogP contribution in [0.4, 0.5) is 5.69 Å². The van der Waals surface area contributed by atoms with E-state index in [-0.39, 0.29) is 0 Å². The normalized spacial score (nSPS) is 12.3. The minimum absolute atomic E-state index is 0.476. The minimum atomic E-state index is -0.628. The molecule has 1 aliphatic rings. The molecule has 0 radical (unpaired) electrons. The number of benzene rings is 2. The van der Waals surface area contributed by atoms with Gasteiger partial charge < -0.3 is 10.1 Å². The van der Waals surface area contributed by atoms with E-state index in [9.17, 15) is 9.59 Å². The van der Waals surface area contributed by atoms with E-state index in [1.165, 1.54) is 0 Å². The highest BCUT2D eigenvalue weighted by Crippen LogP contribution is 2.28. The average Bonchev–Trinajstić information content (AvgIpc) is 3.00. The molecule has 23 heavy (non-hydrogen) atoms. The molecule has 2 aromatic rings. The number of fused-ring (bicyclic) bond motifs is 1. The summed E-state index contributed by atoms with van der Waals surface area (Å²) < 4.78 is 5.34. The van der Waals surface area contributed by atoms with Gasteiger partial charge in [-0.05, 0) is 48.7 Å². The highest BCUT2D eigenvalue weighted by molar-refractivity contribution is 6.56. The first-order valence-electron chi connectivity index (χ1n) is 7.56. The molecule has 1 aliphatic carbocycles. The number of rotatable bonds is 5. The largest absolute Gasteiger partial charge is 0.494 e. The second-order valence-corrected chi connectivity index (χ2v) is 5.22. The number of hydrogen-bond acceptors (Lipinski definition) is 3. The number of ether oxygens (including phenoxy) is 1. The number of amides is 1. The van der Waals surface area contributed by atoms with Gasteiger partial charge in [0.2, 0.25) is 0 Å². The van der Waals surface area contributed by atoms with Crippen molar-refractivity contribution in [1.29, 1.82) is 0 Å². The summed E-state index contributed by atoms with van der Waals surface area (Å²) >= 11 is 0. The molecule has 4 nitrogen and oxygen atoms in total. The van der Waals surface area contributed by atoms with Crippen molar-refractivity contribution in [2.45, 2.75) is 13.3 Å². The molecule has 0 heterocycles. The third-order valence-electron chi connectivity index (χ3n) is 3.71. The topological polar surface area (TPSA) is 55.4 Å². The molecule has 1 amide bonds. The van der Waals surface area contributed by atoms with Gasteiger partial charge in [-0.25, -0.2) is 0 Å². The van der Waals surface area contributed by atoms with E-state index in [0.29, 0.717) is 24.3 Å². The molecule has 0 spiro atoms. The first-order chi connectivity index (χ1) is 11.2. The number of carbonyl (C=O) groups is 2. The summed E-state index contributed by atoms with van der Waals surface area (Å²) in [4.78, 5) is 24.6. The summed E-state index contributed by atoms with van der Waals surface area (Å²) in [6.07, 6.45) is 2.50. The van der Waals surface area contributed by atoms with Crippen LogP contribution in [-0.2, 0) is 16.0 Å². The summed E-state index contributed by atoms with van der Waals surface area (Å²) in [7, 11) is 0. The standard InChI is InChI=1S/C19H17NO3/c1-2-23-15-10-8-14(9-11-15)20-19(22)18(21)17-12-7-13-5-3-4-6-16(13)17/h3-6,8-12H,2,7H2,1H3,(H,20,22). The maximum Gasteiger partial charge on any atom is 0.296 e. The van der Waals surface area contributed by atoms with Crippen LogP contribution in [0.5, 0.6) is 5.75 Å². The van der Waals surface area contributed by atoms with Crippen LogP contribution in [-0.4, -0.2) is 18.3 Å². The number of nitrogens with one attached hydrogen (secondary N) is 1. The molecule has 0 aromatic heterocycles. The molecule has 0 saturated carbocycles. The molecule has 2 aromatic carbocycles. The molecule has 0 bridgehead atoms. The Bertz CT molecular complexity index is 775. The van der Waals surface area contributed by atoms with Crippen LogP contribution in [0.3, 0.4) is 0 Å². The summed E-state index contributed by atoms with van der Waals surface area (Å²) in [5, 5.41) is 2.63. The van der Waals surface area contributed by atoms with Crippen molar-refractivity contribution in [3.8, 4) is 5.75 Å². The molecule has 0 fully saturated rings. The van der Waals surface area contributed by atoms with E-state index >= 15 is 0 Å². The van der Waals surface area contributed by atoms with Gasteiger partial charge in [-0.15, -0.1) is 0 Å². The molecular weight excluding hydrogens is 290 g/mol. The SMILES string of the molecule is CCOc1ccc(NC(=O)C(=O)C2=CCc3ccccc32)cc1. The van der Waals surface area contributed by atoms with Gasteiger partial charge >= 0.3 is 0 Å². The molecule has 0 atom stereocenters. The Balaban J connectivity index is 1.70. The van der Waals surface area contributed by atoms with E-state index in [2.05, 4.69) is 5.32 Å². The number of carbonyl (C=O) groups excluding carboxylic acids is 2. The van der Waals surface area contributed by atoms with Crippen molar-refractivity contribution in [3.63, 3.8) is 0 Å². The Morgan fingerprint density at radius 3 is 2.57 bits per heavy atom. The Labute approximate surface area is 134 Å². The fourth-order valence-corrected chi connectivity index (χ4v) is 2.61. The Hall–Kier alpha value is -2.88. The zero-order valence-electron chi connectivity index (χ0n) is 12.8. The van der Waals surface area contributed by atoms with E-state index in [0.717, 1.165) is 16.9 Å². The summed E-state index contributed by atoms with van der Waals surface area (Å²) in [6.45, 7) is 2.49. The van der Waals surface area contributed by atoms with Gasteiger partial charge in [-0.3, -0.25) is 9.59 Å². The highest BCUT2D eigenvalue weighted by atomic mass is 16.5. The molecule has 116 valence electrons. The molecule has 4 heteroatoms. The van der Waals surface area contributed by atoms with E-state index in [1.54, 1.807) is 24.3 Å². The zero-order valence-corrected chi connectivity index (χ0v) is 12.8. The number of anilines is 1. The molecule has 1 N–H and O–H groups in total. The maximum absolute atomic E-state index is 12.4. The van der Waals surface area contributed by atoms with Gasteiger partial charge in [-0.1, -0.05) is 30.3 Å². The van der Waals surface area contributed by atoms with Gasteiger partial charge in [0.05, 0.1) is 6.61 Å². The third kappa shape index (κ3) is 3.16. The maximum atomic E-state index is 12.4. The number of Topliss-reactive ketones (excluding diaryl/α,β-unsaturated/α-hetero) is 1. The van der Waals surface area contributed by atoms with Gasteiger partial charge in [0.15, 0.2) is 0 Å². The van der Waals surface area contributed by atoms with Crippen molar-refractivity contribution in [1.82, 2.24) is 0 Å². The van der Waals surface area contributed by atoms with Crippen LogP contribution in [0, 0.1) is 0 Å². The van der Waals surface area contributed by atoms with Crippen LogP contribution < -0.4 is 10.1 Å². The van der Waals surface area contributed by atoms with Gasteiger partial charge in [-0.2, -0.15) is 0 Å². The predicted molar refractivity (Wildman–Crippen MR) is 89.4 cm³/mol. The smallest absolute Gasteiger partial charge is 0.296 e. The van der Waals surface area contributed by atoms with Crippen molar-refractivity contribution in [2.24, 2.45) is 0 Å². The Morgan fingerprint density at radius 2 is 1.83 bits per heavy atom. The lowest BCUT2D eigenvalue weighted by molar-refractivity contribution is -0.131. The quantitative estimate of drug-likeness (QED) is 0.863. The van der Waals surface area contributed by atoms with E-state index in [1.807, 2.05) is 37.3 Å². The summed E-state index contributed by atoms with van der Waals surface area (Å²) in [5.41, 5.74) is 2.96. The molecule has 0 saturated heterocycles. The lowest BCUT2D eigenvalue weighted by atomic mass is 10.0. The number of allylic oxidation sites excluding steroid dienone is 1. The first kappa shape index (κ1) is 15.0. The second kappa shape index (κ2) is 6.48.